The average Bonchev–Trinajstić information content (AvgIpc) is 2.37. The standard InChI is InChI=1S/C14H19F3N2/c1-10-2-7-13(18-8-10)11-3-5-12(6-4-11)19-9-14(15,16)17/h3-6,10,13,18-19H,2,7-9H2,1H3/t10-,13+/m0/s1. The number of halogens is 3. The fourth-order valence-electron chi connectivity index (χ4n) is 2.32. The van der Waals surface area contributed by atoms with E-state index in [1.165, 1.54) is 6.42 Å². The van der Waals surface area contributed by atoms with Crippen LogP contribution in [-0.2, 0) is 0 Å². The van der Waals surface area contributed by atoms with Gasteiger partial charge < -0.3 is 10.6 Å². The second kappa shape index (κ2) is 5.82. The molecule has 1 aromatic rings. The second-order valence-corrected chi connectivity index (χ2v) is 5.23. The van der Waals surface area contributed by atoms with Gasteiger partial charge in [0.15, 0.2) is 0 Å². The Kier molecular flexibility index (Phi) is 4.34. The van der Waals surface area contributed by atoms with Crippen LogP contribution in [0, 0.1) is 5.92 Å². The summed E-state index contributed by atoms with van der Waals surface area (Å²) in [6.07, 6.45) is -1.91. The van der Waals surface area contributed by atoms with E-state index >= 15 is 0 Å². The third-order valence-electron chi connectivity index (χ3n) is 3.47. The SMILES string of the molecule is C[C@H]1CC[C@H](c2ccc(NCC(F)(F)F)cc2)NC1. The Morgan fingerprint density at radius 1 is 1.21 bits per heavy atom. The lowest BCUT2D eigenvalue weighted by Crippen LogP contribution is -2.31. The summed E-state index contributed by atoms with van der Waals surface area (Å²) in [6.45, 7) is 2.22. The Bertz CT molecular complexity index is 392. The van der Waals surface area contributed by atoms with Gasteiger partial charge in [-0.1, -0.05) is 19.1 Å². The molecule has 0 aliphatic carbocycles. The first-order chi connectivity index (χ1) is 8.94. The van der Waals surface area contributed by atoms with Gasteiger partial charge in [-0.3, -0.25) is 0 Å². The second-order valence-electron chi connectivity index (χ2n) is 5.23. The Morgan fingerprint density at radius 3 is 2.42 bits per heavy atom. The van der Waals surface area contributed by atoms with Crippen molar-refractivity contribution in [3.05, 3.63) is 29.8 Å². The number of anilines is 1. The molecule has 1 aliphatic rings. The van der Waals surface area contributed by atoms with E-state index in [-0.39, 0.29) is 0 Å². The molecule has 1 saturated heterocycles. The summed E-state index contributed by atoms with van der Waals surface area (Å²) in [5.74, 6) is 0.698. The van der Waals surface area contributed by atoms with Crippen LogP contribution < -0.4 is 10.6 Å². The van der Waals surface area contributed by atoms with E-state index in [1.54, 1.807) is 12.1 Å². The Hall–Kier alpha value is -1.23. The van der Waals surface area contributed by atoms with Crippen molar-refractivity contribution in [3.8, 4) is 0 Å². The first-order valence-electron chi connectivity index (χ1n) is 6.58. The van der Waals surface area contributed by atoms with E-state index < -0.39 is 12.7 Å². The number of benzene rings is 1. The van der Waals surface area contributed by atoms with Crippen LogP contribution in [0.25, 0.3) is 0 Å². The van der Waals surface area contributed by atoms with Gasteiger partial charge in [-0.05, 0) is 43.0 Å². The molecule has 2 N–H and O–H groups in total. The minimum atomic E-state index is -4.18. The summed E-state index contributed by atoms with van der Waals surface area (Å²) in [4.78, 5) is 0. The van der Waals surface area contributed by atoms with Crippen LogP contribution in [0.2, 0.25) is 0 Å². The molecule has 2 atom stereocenters. The molecule has 0 unspecified atom stereocenters. The Morgan fingerprint density at radius 2 is 1.89 bits per heavy atom. The molecule has 106 valence electrons. The van der Waals surface area contributed by atoms with Crippen molar-refractivity contribution in [1.82, 2.24) is 5.32 Å². The number of nitrogens with one attached hydrogen (secondary N) is 2. The Labute approximate surface area is 111 Å². The molecule has 0 saturated carbocycles. The lowest BCUT2D eigenvalue weighted by atomic mass is 9.92. The van der Waals surface area contributed by atoms with Crippen molar-refractivity contribution in [3.63, 3.8) is 0 Å². The van der Waals surface area contributed by atoms with Gasteiger partial charge in [-0.15, -0.1) is 0 Å². The number of piperidine rings is 1. The minimum Gasteiger partial charge on any atom is -0.376 e. The number of alkyl halides is 3. The first kappa shape index (κ1) is 14.2. The highest BCUT2D eigenvalue weighted by molar-refractivity contribution is 5.45. The topological polar surface area (TPSA) is 24.1 Å². The molecule has 2 rings (SSSR count). The summed E-state index contributed by atoms with van der Waals surface area (Å²) in [5.41, 5.74) is 1.65. The zero-order chi connectivity index (χ0) is 13.9. The van der Waals surface area contributed by atoms with E-state index in [2.05, 4.69) is 17.6 Å². The predicted molar refractivity (Wildman–Crippen MR) is 70.1 cm³/mol. The molecule has 5 heteroatoms. The van der Waals surface area contributed by atoms with Gasteiger partial charge in [0.1, 0.15) is 6.54 Å². The third-order valence-corrected chi connectivity index (χ3v) is 3.47. The number of hydrogen-bond donors (Lipinski definition) is 2. The van der Waals surface area contributed by atoms with E-state index in [0.717, 1.165) is 18.5 Å². The molecule has 1 fully saturated rings. The van der Waals surface area contributed by atoms with E-state index in [1.807, 2.05) is 12.1 Å². The van der Waals surface area contributed by atoms with Crippen LogP contribution in [0.4, 0.5) is 18.9 Å². The number of rotatable bonds is 3. The fourth-order valence-corrected chi connectivity index (χ4v) is 2.32. The van der Waals surface area contributed by atoms with Crippen LogP contribution in [0.5, 0.6) is 0 Å². The zero-order valence-electron chi connectivity index (χ0n) is 10.9. The van der Waals surface area contributed by atoms with Crippen molar-refractivity contribution in [2.24, 2.45) is 5.92 Å². The molecular weight excluding hydrogens is 253 g/mol. The molecule has 0 amide bonds. The van der Waals surface area contributed by atoms with Gasteiger partial charge >= 0.3 is 6.18 Å². The highest BCUT2D eigenvalue weighted by atomic mass is 19.4. The molecule has 19 heavy (non-hydrogen) atoms. The highest BCUT2D eigenvalue weighted by Crippen LogP contribution is 2.26. The molecule has 2 nitrogen and oxygen atoms in total. The maximum atomic E-state index is 12.1. The largest absolute Gasteiger partial charge is 0.405 e. The van der Waals surface area contributed by atoms with Crippen molar-refractivity contribution in [1.29, 1.82) is 0 Å². The van der Waals surface area contributed by atoms with Gasteiger partial charge in [0.05, 0.1) is 0 Å². The van der Waals surface area contributed by atoms with Gasteiger partial charge in [0.25, 0.3) is 0 Å². The molecule has 1 aromatic carbocycles. The predicted octanol–water partition coefficient (Wildman–Crippen LogP) is 3.72. The fraction of sp³-hybridized carbons (Fsp3) is 0.571. The molecule has 1 aliphatic heterocycles. The van der Waals surface area contributed by atoms with Crippen molar-refractivity contribution < 1.29 is 13.2 Å². The minimum absolute atomic E-state index is 0.327. The van der Waals surface area contributed by atoms with Gasteiger partial charge in [0, 0.05) is 11.7 Å². The lowest BCUT2D eigenvalue weighted by molar-refractivity contribution is -0.115. The maximum Gasteiger partial charge on any atom is 0.405 e. The number of hydrogen-bond acceptors (Lipinski definition) is 2. The summed E-state index contributed by atoms with van der Waals surface area (Å²) in [7, 11) is 0. The van der Waals surface area contributed by atoms with Crippen molar-refractivity contribution in [2.45, 2.75) is 32.0 Å². The summed E-state index contributed by atoms with van der Waals surface area (Å²) in [6, 6.07) is 7.54. The highest BCUT2D eigenvalue weighted by Gasteiger charge is 2.26. The van der Waals surface area contributed by atoms with Gasteiger partial charge in [-0.25, -0.2) is 0 Å². The van der Waals surface area contributed by atoms with Crippen molar-refractivity contribution in [2.75, 3.05) is 18.4 Å². The Balaban J connectivity index is 1.91. The molecule has 0 radical (unpaired) electrons. The van der Waals surface area contributed by atoms with Gasteiger partial charge in [-0.2, -0.15) is 13.2 Å². The van der Waals surface area contributed by atoms with E-state index in [4.69, 9.17) is 0 Å². The smallest absolute Gasteiger partial charge is 0.376 e. The normalized spacial score (nSPS) is 24.2. The quantitative estimate of drug-likeness (QED) is 0.876. The molecule has 0 spiro atoms. The third kappa shape index (κ3) is 4.42. The van der Waals surface area contributed by atoms with Gasteiger partial charge in [0.2, 0.25) is 0 Å². The van der Waals surface area contributed by atoms with E-state index in [9.17, 15) is 13.2 Å². The van der Waals surface area contributed by atoms with Crippen LogP contribution >= 0.6 is 0 Å². The summed E-state index contributed by atoms with van der Waals surface area (Å²) in [5, 5.41) is 5.84. The van der Waals surface area contributed by atoms with E-state index in [0.29, 0.717) is 17.6 Å². The molecular formula is C14H19F3N2. The molecule has 1 heterocycles. The first-order valence-corrected chi connectivity index (χ1v) is 6.58. The summed E-state index contributed by atoms with van der Waals surface area (Å²) < 4.78 is 36.2. The van der Waals surface area contributed by atoms with Crippen LogP contribution in [0.3, 0.4) is 0 Å². The van der Waals surface area contributed by atoms with Crippen LogP contribution in [0.15, 0.2) is 24.3 Å². The zero-order valence-corrected chi connectivity index (χ0v) is 10.9. The average molecular weight is 272 g/mol. The van der Waals surface area contributed by atoms with Crippen molar-refractivity contribution >= 4 is 5.69 Å². The van der Waals surface area contributed by atoms with Crippen LogP contribution in [-0.4, -0.2) is 19.3 Å². The molecule has 0 bridgehead atoms. The lowest BCUT2D eigenvalue weighted by Gasteiger charge is -2.28. The maximum absolute atomic E-state index is 12.1. The van der Waals surface area contributed by atoms with Crippen LogP contribution in [0.1, 0.15) is 31.4 Å². The summed E-state index contributed by atoms with van der Waals surface area (Å²) >= 11 is 0. The molecule has 0 aromatic heterocycles. The monoisotopic (exact) mass is 272 g/mol.